The highest BCUT2D eigenvalue weighted by atomic mass is 16.5. The summed E-state index contributed by atoms with van der Waals surface area (Å²) in [5.41, 5.74) is 9.22. The molecule has 0 saturated heterocycles. The SMILES string of the molecule is CCCCCCOc1ccc(C=CCN=[N+]=[N-])cc1. The molecule has 0 saturated carbocycles. The molecular formula is C15H21N3O. The molecule has 102 valence electrons. The van der Waals surface area contributed by atoms with Crippen LogP contribution in [0.15, 0.2) is 35.5 Å². The second-order valence-corrected chi connectivity index (χ2v) is 4.29. The zero-order valence-electron chi connectivity index (χ0n) is 11.5. The van der Waals surface area contributed by atoms with Gasteiger partial charge in [0, 0.05) is 11.5 Å². The lowest BCUT2D eigenvalue weighted by atomic mass is 10.2. The van der Waals surface area contributed by atoms with Gasteiger partial charge in [-0.1, -0.05) is 55.6 Å². The Morgan fingerprint density at radius 2 is 2.00 bits per heavy atom. The number of azide groups is 1. The Bertz CT molecular complexity index is 420. The average molecular weight is 259 g/mol. The molecule has 0 atom stereocenters. The monoisotopic (exact) mass is 259 g/mol. The lowest BCUT2D eigenvalue weighted by molar-refractivity contribution is 0.305. The van der Waals surface area contributed by atoms with Crippen LogP contribution in [0.25, 0.3) is 16.5 Å². The largest absolute Gasteiger partial charge is 0.494 e. The van der Waals surface area contributed by atoms with E-state index in [1.165, 1.54) is 19.3 Å². The maximum Gasteiger partial charge on any atom is 0.119 e. The van der Waals surface area contributed by atoms with E-state index in [1.807, 2.05) is 36.4 Å². The van der Waals surface area contributed by atoms with Crippen molar-refractivity contribution in [2.24, 2.45) is 5.11 Å². The molecule has 0 bridgehead atoms. The van der Waals surface area contributed by atoms with Gasteiger partial charge in [0.1, 0.15) is 5.75 Å². The third kappa shape index (κ3) is 7.17. The van der Waals surface area contributed by atoms with Gasteiger partial charge < -0.3 is 4.74 Å². The third-order valence-electron chi connectivity index (χ3n) is 2.71. The summed E-state index contributed by atoms with van der Waals surface area (Å²) in [4.78, 5) is 2.69. The van der Waals surface area contributed by atoms with Gasteiger partial charge in [-0.3, -0.25) is 0 Å². The van der Waals surface area contributed by atoms with E-state index in [9.17, 15) is 0 Å². The third-order valence-corrected chi connectivity index (χ3v) is 2.71. The average Bonchev–Trinajstić information content (AvgIpc) is 2.45. The second-order valence-electron chi connectivity index (χ2n) is 4.29. The summed E-state index contributed by atoms with van der Waals surface area (Å²) in [6.45, 7) is 3.37. The minimum atomic E-state index is 0.381. The summed E-state index contributed by atoms with van der Waals surface area (Å²) in [7, 11) is 0. The Balaban J connectivity index is 2.30. The van der Waals surface area contributed by atoms with Crippen molar-refractivity contribution in [3.05, 3.63) is 46.3 Å². The van der Waals surface area contributed by atoms with Crippen molar-refractivity contribution >= 4 is 6.08 Å². The molecule has 19 heavy (non-hydrogen) atoms. The van der Waals surface area contributed by atoms with E-state index in [0.29, 0.717) is 6.54 Å². The maximum atomic E-state index is 8.14. The fraction of sp³-hybridized carbons (Fsp3) is 0.467. The normalized spacial score (nSPS) is 10.4. The number of benzene rings is 1. The van der Waals surface area contributed by atoms with Gasteiger partial charge in [-0.15, -0.1) is 0 Å². The first-order chi connectivity index (χ1) is 9.36. The smallest absolute Gasteiger partial charge is 0.119 e. The number of ether oxygens (including phenoxy) is 1. The van der Waals surface area contributed by atoms with Crippen molar-refractivity contribution in [3.8, 4) is 5.75 Å². The van der Waals surface area contributed by atoms with Crippen LogP contribution >= 0.6 is 0 Å². The van der Waals surface area contributed by atoms with Gasteiger partial charge in [0.05, 0.1) is 6.61 Å². The van der Waals surface area contributed by atoms with E-state index < -0.39 is 0 Å². The summed E-state index contributed by atoms with van der Waals surface area (Å²) in [5, 5.41) is 3.44. The Morgan fingerprint density at radius 3 is 2.68 bits per heavy atom. The van der Waals surface area contributed by atoms with Crippen molar-refractivity contribution in [2.45, 2.75) is 32.6 Å². The summed E-state index contributed by atoms with van der Waals surface area (Å²) >= 11 is 0. The van der Waals surface area contributed by atoms with Crippen LogP contribution in [0.3, 0.4) is 0 Å². The molecule has 1 aromatic carbocycles. The van der Waals surface area contributed by atoms with Crippen LogP contribution in [-0.2, 0) is 0 Å². The number of unbranched alkanes of at least 4 members (excludes halogenated alkanes) is 3. The quantitative estimate of drug-likeness (QED) is 0.267. The van der Waals surface area contributed by atoms with E-state index in [0.717, 1.165) is 24.3 Å². The summed E-state index contributed by atoms with van der Waals surface area (Å²) in [6.07, 6.45) is 8.63. The van der Waals surface area contributed by atoms with Crippen LogP contribution in [0.4, 0.5) is 0 Å². The van der Waals surface area contributed by atoms with Gasteiger partial charge in [0.25, 0.3) is 0 Å². The summed E-state index contributed by atoms with van der Waals surface area (Å²) in [6, 6.07) is 7.92. The molecule has 0 radical (unpaired) electrons. The number of nitrogens with zero attached hydrogens (tertiary/aromatic N) is 3. The highest BCUT2D eigenvalue weighted by Crippen LogP contribution is 2.14. The van der Waals surface area contributed by atoms with Gasteiger partial charge in [0.15, 0.2) is 0 Å². The zero-order chi connectivity index (χ0) is 13.8. The van der Waals surface area contributed by atoms with Crippen LogP contribution in [-0.4, -0.2) is 13.2 Å². The molecule has 0 spiro atoms. The van der Waals surface area contributed by atoms with E-state index in [2.05, 4.69) is 16.9 Å². The first kappa shape index (κ1) is 15.1. The molecule has 0 aliphatic heterocycles. The van der Waals surface area contributed by atoms with Crippen LogP contribution in [0, 0.1) is 0 Å². The van der Waals surface area contributed by atoms with E-state index in [4.69, 9.17) is 10.3 Å². The predicted octanol–water partition coefficient (Wildman–Crippen LogP) is 4.97. The minimum Gasteiger partial charge on any atom is -0.494 e. The van der Waals surface area contributed by atoms with Gasteiger partial charge >= 0.3 is 0 Å². The molecule has 4 nitrogen and oxygen atoms in total. The highest BCUT2D eigenvalue weighted by Gasteiger charge is 1.94. The Labute approximate surface area is 114 Å². The molecule has 0 aliphatic carbocycles. The molecule has 4 heteroatoms. The fourth-order valence-corrected chi connectivity index (χ4v) is 1.67. The van der Waals surface area contributed by atoms with Crippen LogP contribution < -0.4 is 4.74 Å². The Morgan fingerprint density at radius 1 is 1.21 bits per heavy atom. The van der Waals surface area contributed by atoms with Crippen molar-refractivity contribution in [1.29, 1.82) is 0 Å². The molecule has 0 aliphatic rings. The molecular weight excluding hydrogens is 238 g/mol. The molecule has 1 aromatic rings. The van der Waals surface area contributed by atoms with Crippen LogP contribution in [0.1, 0.15) is 38.2 Å². The maximum absolute atomic E-state index is 8.14. The first-order valence-corrected chi connectivity index (χ1v) is 6.77. The summed E-state index contributed by atoms with van der Waals surface area (Å²) < 4.78 is 5.66. The minimum absolute atomic E-state index is 0.381. The van der Waals surface area contributed by atoms with Crippen molar-refractivity contribution in [3.63, 3.8) is 0 Å². The van der Waals surface area contributed by atoms with Crippen LogP contribution in [0.2, 0.25) is 0 Å². The van der Waals surface area contributed by atoms with Crippen molar-refractivity contribution < 1.29 is 4.74 Å². The number of hydrogen-bond donors (Lipinski definition) is 0. The molecule has 0 aromatic heterocycles. The van der Waals surface area contributed by atoms with Crippen molar-refractivity contribution in [1.82, 2.24) is 0 Å². The first-order valence-electron chi connectivity index (χ1n) is 6.77. The van der Waals surface area contributed by atoms with E-state index in [-0.39, 0.29) is 0 Å². The van der Waals surface area contributed by atoms with Crippen molar-refractivity contribution in [2.75, 3.05) is 13.2 Å². The molecule has 1 rings (SSSR count). The van der Waals surface area contributed by atoms with E-state index >= 15 is 0 Å². The van der Waals surface area contributed by atoms with Gasteiger partial charge in [-0.2, -0.15) is 0 Å². The zero-order valence-corrected chi connectivity index (χ0v) is 11.5. The molecule has 0 N–H and O–H groups in total. The van der Waals surface area contributed by atoms with Gasteiger partial charge in [0.2, 0.25) is 0 Å². The predicted molar refractivity (Wildman–Crippen MR) is 79.1 cm³/mol. The fourth-order valence-electron chi connectivity index (χ4n) is 1.67. The van der Waals surface area contributed by atoms with Gasteiger partial charge in [-0.05, 0) is 29.6 Å². The number of hydrogen-bond acceptors (Lipinski definition) is 2. The van der Waals surface area contributed by atoms with E-state index in [1.54, 1.807) is 0 Å². The summed E-state index contributed by atoms with van der Waals surface area (Å²) in [5.74, 6) is 0.906. The van der Waals surface area contributed by atoms with Gasteiger partial charge in [-0.25, -0.2) is 0 Å². The molecule has 0 unspecified atom stereocenters. The lowest BCUT2D eigenvalue weighted by Gasteiger charge is -2.05. The second kappa shape index (κ2) is 10.0. The lowest BCUT2D eigenvalue weighted by Crippen LogP contribution is -1.96. The molecule has 0 amide bonds. The molecule has 0 heterocycles. The highest BCUT2D eigenvalue weighted by molar-refractivity contribution is 5.50. The van der Waals surface area contributed by atoms with Crippen LogP contribution in [0.5, 0.6) is 5.75 Å². The Hall–Kier alpha value is -1.93. The number of rotatable bonds is 9. The Kier molecular flexibility index (Phi) is 7.99. The topological polar surface area (TPSA) is 58.0 Å². The molecule has 0 fully saturated rings. The standard InChI is InChI=1S/C15H21N3O/c1-2-3-4-5-13-19-15-10-8-14(9-11-15)7-6-12-17-18-16/h6-11H,2-5,12-13H2,1H3.